The fourth-order valence-corrected chi connectivity index (χ4v) is 4.67. The summed E-state index contributed by atoms with van der Waals surface area (Å²) in [5, 5.41) is 21.3. The molecule has 1 saturated heterocycles. The van der Waals surface area contributed by atoms with Gasteiger partial charge in [0.15, 0.2) is 0 Å². The number of rotatable bonds is 6. The van der Waals surface area contributed by atoms with Gasteiger partial charge < -0.3 is 19.9 Å². The summed E-state index contributed by atoms with van der Waals surface area (Å²) >= 11 is 0. The second-order valence-corrected chi connectivity index (χ2v) is 9.18. The lowest BCUT2D eigenvalue weighted by Gasteiger charge is -2.23. The Labute approximate surface area is 213 Å². The molecule has 3 N–H and O–H groups in total. The number of ketones is 1. The van der Waals surface area contributed by atoms with E-state index in [9.17, 15) is 19.8 Å². The second-order valence-electron chi connectivity index (χ2n) is 9.18. The van der Waals surface area contributed by atoms with E-state index >= 15 is 0 Å². The van der Waals surface area contributed by atoms with E-state index in [2.05, 4.69) is 9.97 Å². The zero-order valence-corrected chi connectivity index (χ0v) is 20.7. The van der Waals surface area contributed by atoms with Crippen molar-refractivity contribution in [3.63, 3.8) is 0 Å². The van der Waals surface area contributed by atoms with Gasteiger partial charge in [-0.3, -0.25) is 14.5 Å². The summed E-state index contributed by atoms with van der Waals surface area (Å²) in [5.74, 6) is -0.899. The molecule has 4 aromatic rings. The lowest BCUT2D eigenvalue weighted by molar-refractivity contribution is -0.132. The Bertz CT molecular complexity index is 1500. The van der Waals surface area contributed by atoms with E-state index < -0.39 is 17.7 Å². The van der Waals surface area contributed by atoms with Gasteiger partial charge in [-0.25, -0.2) is 4.98 Å². The largest absolute Gasteiger partial charge is 0.508 e. The molecule has 0 radical (unpaired) electrons. The number of para-hydroxylation sites is 2. The summed E-state index contributed by atoms with van der Waals surface area (Å²) in [6.07, 6.45) is 0. The number of aromatic amines is 1. The first-order valence-corrected chi connectivity index (χ1v) is 12.1. The number of imidazole rings is 1. The summed E-state index contributed by atoms with van der Waals surface area (Å²) < 4.78 is 5.74. The van der Waals surface area contributed by atoms with Gasteiger partial charge in [0.1, 0.15) is 17.3 Å². The predicted octanol–water partition coefficient (Wildman–Crippen LogP) is 5.42. The van der Waals surface area contributed by atoms with E-state index in [0.717, 1.165) is 5.56 Å². The van der Waals surface area contributed by atoms with Crippen molar-refractivity contribution in [2.45, 2.75) is 32.7 Å². The normalized spacial score (nSPS) is 17.2. The number of Topliss-reactive ketones (excluding diaryl/α,β-unsaturated/α-hetero) is 1. The van der Waals surface area contributed by atoms with Crippen LogP contribution in [0.15, 0.2) is 72.3 Å². The first kappa shape index (κ1) is 24.1. The topological polar surface area (TPSA) is 116 Å². The highest BCUT2D eigenvalue weighted by atomic mass is 16.5. The molecule has 1 amide bonds. The quantitative estimate of drug-likeness (QED) is 0.186. The van der Waals surface area contributed by atoms with Crippen LogP contribution in [0.2, 0.25) is 0 Å². The summed E-state index contributed by atoms with van der Waals surface area (Å²) in [7, 11) is 0. The number of amides is 1. The molecular weight excluding hydrogens is 470 g/mol. The van der Waals surface area contributed by atoms with Gasteiger partial charge in [-0.1, -0.05) is 38.1 Å². The van der Waals surface area contributed by atoms with Crippen molar-refractivity contribution in [2.24, 2.45) is 0 Å². The van der Waals surface area contributed by atoms with Crippen LogP contribution in [0.1, 0.15) is 49.4 Å². The first-order chi connectivity index (χ1) is 17.8. The molecule has 8 nitrogen and oxygen atoms in total. The summed E-state index contributed by atoms with van der Waals surface area (Å²) in [4.78, 5) is 35.7. The van der Waals surface area contributed by atoms with Crippen LogP contribution in [0.25, 0.3) is 16.8 Å². The third-order valence-corrected chi connectivity index (χ3v) is 6.46. The van der Waals surface area contributed by atoms with Crippen molar-refractivity contribution < 1.29 is 24.5 Å². The molecule has 0 bridgehead atoms. The highest BCUT2D eigenvalue weighted by molar-refractivity contribution is 6.51. The van der Waals surface area contributed by atoms with E-state index in [1.165, 1.54) is 17.0 Å². The molecule has 1 aromatic heterocycles. The Morgan fingerprint density at radius 2 is 1.81 bits per heavy atom. The van der Waals surface area contributed by atoms with E-state index in [1.54, 1.807) is 36.4 Å². The molecule has 1 atom stereocenters. The van der Waals surface area contributed by atoms with Crippen molar-refractivity contribution in [1.82, 2.24) is 9.97 Å². The highest BCUT2D eigenvalue weighted by Gasteiger charge is 2.48. The predicted molar refractivity (Wildman–Crippen MR) is 141 cm³/mol. The molecule has 3 aromatic carbocycles. The number of carbonyl (C=O) groups excluding carboxylic acids is 2. The molecule has 1 fully saturated rings. The Morgan fingerprint density at radius 3 is 2.49 bits per heavy atom. The maximum absolute atomic E-state index is 13.4. The van der Waals surface area contributed by atoms with E-state index in [0.29, 0.717) is 34.5 Å². The van der Waals surface area contributed by atoms with Crippen LogP contribution in [-0.2, 0) is 9.59 Å². The maximum atomic E-state index is 13.4. The van der Waals surface area contributed by atoms with Crippen molar-refractivity contribution >= 4 is 34.4 Å². The van der Waals surface area contributed by atoms with Crippen molar-refractivity contribution in [3.8, 4) is 11.5 Å². The highest BCUT2D eigenvalue weighted by Crippen LogP contribution is 2.42. The van der Waals surface area contributed by atoms with Crippen LogP contribution >= 0.6 is 0 Å². The van der Waals surface area contributed by atoms with Crippen molar-refractivity contribution in [1.29, 1.82) is 0 Å². The average molecular weight is 498 g/mol. The number of anilines is 1. The number of aliphatic hydroxyl groups excluding tert-OH is 1. The molecule has 0 spiro atoms. The molecule has 1 aliphatic heterocycles. The molecule has 0 saturated carbocycles. The van der Waals surface area contributed by atoms with E-state index in [1.807, 2.05) is 39.0 Å². The summed E-state index contributed by atoms with van der Waals surface area (Å²) in [5.41, 5.74) is 3.09. The monoisotopic (exact) mass is 497 g/mol. The minimum absolute atomic E-state index is 0.0394. The molecule has 0 aliphatic carbocycles. The van der Waals surface area contributed by atoms with E-state index in [4.69, 9.17) is 4.74 Å². The van der Waals surface area contributed by atoms with Gasteiger partial charge in [0.05, 0.1) is 29.3 Å². The minimum Gasteiger partial charge on any atom is -0.508 e. The van der Waals surface area contributed by atoms with Crippen molar-refractivity contribution in [3.05, 3.63) is 89.0 Å². The Kier molecular flexibility index (Phi) is 6.17. The van der Waals surface area contributed by atoms with E-state index in [-0.39, 0.29) is 28.9 Å². The third kappa shape index (κ3) is 4.20. The van der Waals surface area contributed by atoms with Gasteiger partial charge >= 0.3 is 5.91 Å². The Balaban J connectivity index is 1.71. The minimum atomic E-state index is -0.963. The fraction of sp³-hybridized carbons (Fsp3) is 0.207. The number of hydrogen-bond donors (Lipinski definition) is 3. The number of nitrogens with one attached hydrogen (secondary N) is 1. The number of H-pyrrole nitrogens is 1. The third-order valence-electron chi connectivity index (χ3n) is 6.46. The lowest BCUT2D eigenvalue weighted by Crippen LogP contribution is -2.30. The zero-order chi connectivity index (χ0) is 26.3. The smallest absolute Gasteiger partial charge is 0.302 e. The standard InChI is InChI=1S/C29H27N3O5/c1-4-37-23-14-11-18(15-20(23)16(2)3)26(34)24-25(17-9-12-19(33)13-10-17)32(28(36)27(24)35)29-30-21-7-5-6-8-22(21)31-29/h5-16,25,33-34H,4H2,1-3H3,(H,30,31)/b26-24+. The SMILES string of the molecule is CCOc1ccc(/C(O)=C2\C(=O)C(=O)N(c3nc4ccccc4[nH]3)C2c2ccc(O)cc2)cc1C(C)C. The molecular formula is C29H27N3O5. The number of phenols is 1. The summed E-state index contributed by atoms with van der Waals surface area (Å²) in [6.45, 7) is 6.42. The fourth-order valence-electron chi connectivity index (χ4n) is 4.67. The van der Waals surface area contributed by atoms with Gasteiger partial charge in [-0.2, -0.15) is 0 Å². The number of fused-ring (bicyclic) bond motifs is 1. The zero-order valence-electron chi connectivity index (χ0n) is 20.7. The van der Waals surface area contributed by atoms with Gasteiger partial charge in [-0.05, 0) is 66.4 Å². The first-order valence-electron chi connectivity index (χ1n) is 12.1. The molecule has 1 unspecified atom stereocenters. The molecule has 1 aliphatic rings. The van der Waals surface area contributed by atoms with Crippen molar-refractivity contribution in [2.75, 3.05) is 11.5 Å². The summed E-state index contributed by atoms with van der Waals surface area (Å²) in [6, 6.07) is 17.7. The number of nitrogens with zero attached hydrogens (tertiary/aromatic N) is 2. The van der Waals surface area contributed by atoms with Gasteiger partial charge in [0.25, 0.3) is 5.78 Å². The van der Waals surface area contributed by atoms with Crippen LogP contribution in [0, 0.1) is 0 Å². The molecule has 2 heterocycles. The number of aliphatic hydroxyl groups is 1. The van der Waals surface area contributed by atoms with Gasteiger partial charge in [0.2, 0.25) is 5.95 Å². The number of benzene rings is 3. The van der Waals surface area contributed by atoms with Crippen LogP contribution in [-0.4, -0.2) is 38.5 Å². The molecule has 5 rings (SSSR count). The second kappa shape index (κ2) is 9.46. The van der Waals surface area contributed by atoms with Gasteiger partial charge in [0, 0.05) is 5.56 Å². The number of carbonyl (C=O) groups is 2. The number of phenolic OH excluding ortho intramolecular Hbond substituents is 1. The Hall–Kier alpha value is -4.59. The number of aromatic nitrogens is 2. The molecule has 188 valence electrons. The lowest BCUT2D eigenvalue weighted by atomic mass is 9.93. The number of hydrogen-bond acceptors (Lipinski definition) is 6. The molecule has 8 heteroatoms. The van der Waals surface area contributed by atoms with Crippen LogP contribution in [0.4, 0.5) is 5.95 Å². The average Bonchev–Trinajstić information content (AvgIpc) is 3.43. The molecule has 37 heavy (non-hydrogen) atoms. The number of ether oxygens (including phenoxy) is 1. The van der Waals surface area contributed by atoms with Crippen LogP contribution < -0.4 is 9.64 Å². The maximum Gasteiger partial charge on any atom is 0.302 e. The van der Waals surface area contributed by atoms with Crippen LogP contribution in [0.5, 0.6) is 11.5 Å². The Morgan fingerprint density at radius 1 is 1.08 bits per heavy atom. The van der Waals surface area contributed by atoms with Crippen LogP contribution in [0.3, 0.4) is 0 Å². The van der Waals surface area contributed by atoms with Gasteiger partial charge in [-0.15, -0.1) is 0 Å². The number of aromatic hydroxyl groups is 1.